The Kier molecular flexibility index (Phi) is 6.10. The molecule has 0 saturated heterocycles. The lowest BCUT2D eigenvalue weighted by atomic mass is 10.1. The Balaban J connectivity index is 1.89. The Morgan fingerprint density at radius 3 is 2.73 bits per heavy atom. The predicted molar refractivity (Wildman–Crippen MR) is 90.7 cm³/mol. The Bertz CT molecular complexity index is 595. The van der Waals surface area contributed by atoms with Gasteiger partial charge < -0.3 is 11.1 Å². The summed E-state index contributed by atoms with van der Waals surface area (Å²) >= 11 is 1.53. The Hall–Kier alpha value is -1.72. The van der Waals surface area contributed by atoms with E-state index in [0.717, 1.165) is 17.1 Å². The van der Waals surface area contributed by atoms with Crippen molar-refractivity contribution in [1.82, 2.24) is 10.3 Å². The summed E-state index contributed by atoms with van der Waals surface area (Å²) in [7, 11) is 0. The molecule has 0 radical (unpaired) electrons. The van der Waals surface area contributed by atoms with E-state index in [0.29, 0.717) is 18.9 Å². The van der Waals surface area contributed by atoms with Crippen LogP contribution in [-0.2, 0) is 17.6 Å². The van der Waals surface area contributed by atoms with E-state index in [1.165, 1.54) is 16.9 Å². The van der Waals surface area contributed by atoms with E-state index in [9.17, 15) is 4.79 Å². The number of carbonyl (C=O) groups is 1. The molecule has 4 nitrogen and oxygen atoms in total. The number of nitrogens with zero attached hydrogens (tertiary/aromatic N) is 1. The molecule has 22 heavy (non-hydrogen) atoms. The zero-order valence-corrected chi connectivity index (χ0v) is 13.9. The fourth-order valence-electron chi connectivity index (χ4n) is 2.07. The van der Waals surface area contributed by atoms with Crippen LogP contribution in [0, 0.1) is 5.92 Å². The van der Waals surface area contributed by atoms with Crippen LogP contribution in [0.4, 0.5) is 0 Å². The van der Waals surface area contributed by atoms with Crippen LogP contribution >= 0.6 is 11.3 Å². The largest absolute Gasteiger partial charge is 0.356 e. The first-order valence-corrected chi connectivity index (χ1v) is 8.43. The number of nitrogens with two attached hydrogens (primary N) is 1. The Morgan fingerprint density at radius 1 is 1.32 bits per heavy atom. The normalized spacial score (nSPS) is 12.4. The van der Waals surface area contributed by atoms with Crippen LogP contribution in [0.5, 0.6) is 0 Å². The average Bonchev–Trinajstić information content (AvgIpc) is 2.95. The molecule has 1 unspecified atom stereocenters. The average molecular weight is 317 g/mol. The van der Waals surface area contributed by atoms with Crippen molar-refractivity contribution in [3.05, 3.63) is 52.0 Å². The highest BCUT2D eigenvalue weighted by Crippen LogP contribution is 2.20. The van der Waals surface area contributed by atoms with Gasteiger partial charge >= 0.3 is 0 Å². The summed E-state index contributed by atoms with van der Waals surface area (Å²) in [6.45, 7) is 4.84. The minimum Gasteiger partial charge on any atom is -0.356 e. The van der Waals surface area contributed by atoms with Gasteiger partial charge in [0.25, 0.3) is 0 Å². The number of benzene rings is 1. The van der Waals surface area contributed by atoms with Crippen molar-refractivity contribution in [2.24, 2.45) is 11.7 Å². The minimum absolute atomic E-state index is 0.0159. The molecule has 0 aliphatic carbocycles. The van der Waals surface area contributed by atoms with Crippen LogP contribution in [0.25, 0.3) is 0 Å². The first kappa shape index (κ1) is 16.6. The van der Waals surface area contributed by atoms with Gasteiger partial charge in [0.05, 0.1) is 18.2 Å². The van der Waals surface area contributed by atoms with Crippen LogP contribution in [0.3, 0.4) is 0 Å². The maximum Gasteiger partial charge on any atom is 0.226 e. The van der Waals surface area contributed by atoms with Crippen LogP contribution in [0.2, 0.25) is 0 Å². The first-order chi connectivity index (χ1) is 10.5. The number of thiazole rings is 1. The van der Waals surface area contributed by atoms with Crippen LogP contribution in [0.1, 0.15) is 36.2 Å². The van der Waals surface area contributed by atoms with Crippen molar-refractivity contribution < 1.29 is 4.79 Å². The third kappa shape index (κ3) is 5.24. The number of hydrogen-bond acceptors (Lipinski definition) is 4. The highest BCUT2D eigenvalue weighted by atomic mass is 32.1. The molecule has 0 fully saturated rings. The van der Waals surface area contributed by atoms with Gasteiger partial charge in [-0.3, -0.25) is 4.79 Å². The second-order valence-corrected chi connectivity index (χ2v) is 6.74. The SMILES string of the molecule is CC(C)CNC(=O)Cc1csc(C(N)Cc2ccccc2)n1. The summed E-state index contributed by atoms with van der Waals surface area (Å²) in [4.78, 5) is 16.3. The molecule has 0 spiro atoms. The predicted octanol–water partition coefficient (Wildman–Crippen LogP) is 2.70. The van der Waals surface area contributed by atoms with Crippen LogP contribution in [-0.4, -0.2) is 17.4 Å². The molecule has 1 atom stereocenters. The lowest BCUT2D eigenvalue weighted by Gasteiger charge is -2.08. The smallest absolute Gasteiger partial charge is 0.226 e. The molecule has 0 bridgehead atoms. The molecule has 1 aromatic carbocycles. The van der Waals surface area contributed by atoms with Crippen molar-refractivity contribution in [2.45, 2.75) is 32.7 Å². The topological polar surface area (TPSA) is 68.0 Å². The second kappa shape index (κ2) is 8.06. The molecule has 5 heteroatoms. The van der Waals surface area contributed by atoms with Gasteiger partial charge in [0.2, 0.25) is 5.91 Å². The zero-order chi connectivity index (χ0) is 15.9. The quantitative estimate of drug-likeness (QED) is 0.825. The molecule has 1 aromatic heterocycles. The molecule has 2 rings (SSSR count). The molecule has 1 amide bonds. The standard InChI is InChI=1S/C17H23N3OS/c1-12(2)10-19-16(21)9-14-11-22-17(20-14)15(18)8-13-6-4-3-5-7-13/h3-7,11-12,15H,8-10,18H2,1-2H3,(H,19,21). The number of amides is 1. The Morgan fingerprint density at radius 2 is 2.05 bits per heavy atom. The monoisotopic (exact) mass is 317 g/mol. The number of hydrogen-bond donors (Lipinski definition) is 2. The summed E-state index contributed by atoms with van der Waals surface area (Å²) < 4.78 is 0. The van der Waals surface area contributed by atoms with Crippen molar-refractivity contribution in [1.29, 1.82) is 0 Å². The maximum atomic E-state index is 11.8. The van der Waals surface area contributed by atoms with E-state index in [4.69, 9.17) is 5.73 Å². The van der Waals surface area contributed by atoms with E-state index in [1.807, 2.05) is 23.6 Å². The second-order valence-electron chi connectivity index (χ2n) is 5.85. The lowest BCUT2D eigenvalue weighted by Crippen LogP contribution is -2.28. The molecule has 0 saturated carbocycles. The molecule has 2 aromatic rings. The van der Waals surface area contributed by atoms with E-state index >= 15 is 0 Å². The van der Waals surface area contributed by atoms with Gasteiger partial charge in [-0.15, -0.1) is 11.3 Å². The maximum absolute atomic E-state index is 11.8. The number of nitrogens with one attached hydrogen (secondary N) is 1. The number of aromatic nitrogens is 1. The summed E-state index contributed by atoms with van der Waals surface area (Å²) in [6.07, 6.45) is 1.08. The van der Waals surface area contributed by atoms with Gasteiger partial charge in [0.1, 0.15) is 5.01 Å². The molecular formula is C17H23N3OS. The molecule has 118 valence electrons. The fraction of sp³-hybridized carbons (Fsp3) is 0.412. The Labute approximate surface area is 135 Å². The van der Waals surface area contributed by atoms with Crippen LogP contribution in [0.15, 0.2) is 35.7 Å². The number of carbonyl (C=O) groups excluding carboxylic acids is 1. The van der Waals surface area contributed by atoms with Crippen molar-refractivity contribution in [3.63, 3.8) is 0 Å². The number of rotatable bonds is 7. The van der Waals surface area contributed by atoms with E-state index in [-0.39, 0.29) is 11.9 Å². The van der Waals surface area contributed by atoms with Gasteiger partial charge in [0.15, 0.2) is 0 Å². The summed E-state index contributed by atoms with van der Waals surface area (Å²) in [5, 5.41) is 5.71. The van der Waals surface area contributed by atoms with Crippen molar-refractivity contribution in [2.75, 3.05) is 6.54 Å². The van der Waals surface area contributed by atoms with Gasteiger partial charge in [-0.1, -0.05) is 44.2 Å². The molecule has 0 aliphatic rings. The summed E-state index contributed by atoms with van der Waals surface area (Å²) in [6, 6.07) is 10.0. The van der Waals surface area contributed by atoms with E-state index < -0.39 is 0 Å². The first-order valence-electron chi connectivity index (χ1n) is 7.55. The van der Waals surface area contributed by atoms with Crippen molar-refractivity contribution in [3.8, 4) is 0 Å². The van der Waals surface area contributed by atoms with Gasteiger partial charge in [-0.2, -0.15) is 0 Å². The van der Waals surface area contributed by atoms with Gasteiger partial charge in [0, 0.05) is 11.9 Å². The highest BCUT2D eigenvalue weighted by Gasteiger charge is 2.13. The fourth-order valence-corrected chi connectivity index (χ4v) is 2.90. The summed E-state index contributed by atoms with van der Waals surface area (Å²) in [5.74, 6) is 0.469. The third-order valence-electron chi connectivity index (χ3n) is 3.23. The summed E-state index contributed by atoms with van der Waals surface area (Å²) in [5.41, 5.74) is 8.21. The molecule has 3 N–H and O–H groups in total. The molecular weight excluding hydrogens is 294 g/mol. The van der Waals surface area contributed by atoms with Crippen molar-refractivity contribution >= 4 is 17.2 Å². The van der Waals surface area contributed by atoms with Gasteiger partial charge in [-0.25, -0.2) is 4.98 Å². The zero-order valence-electron chi connectivity index (χ0n) is 13.1. The minimum atomic E-state index is -0.125. The third-order valence-corrected chi connectivity index (χ3v) is 4.26. The van der Waals surface area contributed by atoms with E-state index in [2.05, 4.69) is 36.3 Å². The molecule has 0 aliphatic heterocycles. The lowest BCUT2D eigenvalue weighted by molar-refractivity contribution is -0.120. The highest BCUT2D eigenvalue weighted by molar-refractivity contribution is 7.09. The molecule has 1 heterocycles. The van der Waals surface area contributed by atoms with Gasteiger partial charge in [-0.05, 0) is 17.9 Å². The van der Waals surface area contributed by atoms with E-state index in [1.54, 1.807) is 0 Å². The van der Waals surface area contributed by atoms with Crippen LogP contribution < -0.4 is 11.1 Å².